The van der Waals surface area contributed by atoms with Crippen molar-refractivity contribution in [2.24, 2.45) is 5.14 Å². The standard InChI is InChI=1S/C20H28N2O5S.C6H6O3S/c1-4-26-17-7-5-6-8-18(17)27-12-11-22-15(2)13-16-9-10-19(25-3)20(14-16)28(21,23)24;7-10(8,9)6-4-2-1-3-5-6/h5-10,14-15,22H,4,11-13H2,1-3H3,(H2,21,23,24);1-5H,(H,7,8,9)/t15-;/m1./s1. The summed E-state index contributed by atoms with van der Waals surface area (Å²) in [6.45, 7) is 5.66. The van der Waals surface area contributed by atoms with Crippen LogP contribution in [0.1, 0.15) is 19.4 Å². The van der Waals surface area contributed by atoms with E-state index < -0.39 is 20.1 Å². The van der Waals surface area contributed by atoms with Crippen molar-refractivity contribution in [2.45, 2.75) is 36.1 Å². The van der Waals surface area contributed by atoms with E-state index in [1.165, 1.54) is 19.2 Å². The van der Waals surface area contributed by atoms with Gasteiger partial charge in [0.1, 0.15) is 17.3 Å². The third-order valence-corrected chi connectivity index (χ3v) is 6.92. The summed E-state index contributed by atoms with van der Waals surface area (Å²) < 4.78 is 69.1. The molecule has 3 rings (SSSR count). The lowest BCUT2D eigenvalue weighted by Gasteiger charge is -2.16. The Bertz CT molecular complexity index is 1370. The summed E-state index contributed by atoms with van der Waals surface area (Å²) in [4.78, 5) is -0.0782. The molecule has 0 saturated carbocycles. The molecule has 0 fully saturated rings. The number of nitrogens with two attached hydrogens (primary N) is 1. The minimum absolute atomic E-state index is 0.00411. The van der Waals surface area contributed by atoms with Gasteiger partial charge in [0.05, 0.1) is 18.6 Å². The summed E-state index contributed by atoms with van der Waals surface area (Å²) in [5, 5.41) is 8.63. The number of sulfonamides is 1. The van der Waals surface area contributed by atoms with Gasteiger partial charge >= 0.3 is 0 Å². The van der Waals surface area contributed by atoms with Crippen LogP contribution in [0, 0.1) is 0 Å². The summed E-state index contributed by atoms with van der Waals surface area (Å²) in [7, 11) is -6.43. The maximum Gasteiger partial charge on any atom is 0.294 e. The van der Waals surface area contributed by atoms with Crippen molar-refractivity contribution < 1.29 is 35.6 Å². The molecular formula is C26H34N2O8S2. The van der Waals surface area contributed by atoms with Gasteiger partial charge in [-0.1, -0.05) is 36.4 Å². The Morgan fingerprint density at radius 3 is 2.03 bits per heavy atom. The number of methoxy groups -OCH3 is 1. The van der Waals surface area contributed by atoms with Crippen LogP contribution in [0.15, 0.2) is 82.6 Å². The average molecular weight is 567 g/mol. The zero-order valence-corrected chi connectivity index (χ0v) is 23.2. The summed E-state index contributed by atoms with van der Waals surface area (Å²) >= 11 is 0. The largest absolute Gasteiger partial charge is 0.495 e. The molecule has 0 aliphatic carbocycles. The third-order valence-electron chi connectivity index (χ3n) is 5.12. The quantitative estimate of drug-likeness (QED) is 0.221. The van der Waals surface area contributed by atoms with E-state index in [1.54, 1.807) is 30.3 Å². The van der Waals surface area contributed by atoms with Gasteiger partial charge in [-0.25, -0.2) is 13.6 Å². The second-order valence-electron chi connectivity index (χ2n) is 8.11. The fourth-order valence-electron chi connectivity index (χ4n) is 3.40. The van der Waals surface area contributed by atoms with Crippen molar-refractivity contribution in [1.82, 2.24) is 5.32 Å². The van der Waals surface area contributed by atoms with E-state index in [2.05, 4.69) is 5.32 Å². The van der Waals surface area contributed by atoms with Gasteiger partial charge < -0.3 is 19.5 Å². The maximum absolute atomic E-state index is 11.7. The van der Waals surface area contributed by atoms with Gasteiger partial charge in [-0.15, -0.1) is 0 Å². The monoisotopic (exact) mass is 566 g/mol. The van der Waals surface area contributed by atoms with Gasteiger partial charge in [0.2, 0.25) is 10.0 Å². The summed E-state index contributed by atoms with van der Waals surface area (Å²) in [5.74, 6) is 1.69. The highest BCUT2D eigenvalue weighted by molar-refractivity contribution is 7.89. The second-order valence-corrected chi connectivity index (χ2v) is 11.1. The van der Waals surface area contributed by atoms with Crippen molar-refractivity contribution in [3.8, 4) is 17.2 Å². The van der Waals surface area contributed by atoms with Crippen LogP contribution >= 0.6 is 0 Å². The Morgan fingerprint density at radius 2 is 1.50 bits per heavy atom. The third kappa shape index (κ3) is 10.3. The lowest BCUT2D eigenvalue weighted by molar-refractivity contribution is 0.272. The van der Waals surface area contributed by atoms with E-state index in [1.807, 2.05) is 44.2 Å². The molecule has 0 aromatic heterocycles. The van der Waals surface area contributed by atoms with E-state index in [-0.39, 0.29) is 21.6 Å². The SMILES string of the molecule is CCOc1ccccc1OCCN[C@H](C)Cc1ccc(OC)c(S(N)(=O)=O)c1.O=S(=O)(O)c1ccccc1. The first-order valence-electron chi connectivity index (χ1n) is 11.8. The lowest BCUT2D eigenvalue weighted by Crippen LogP contribution is -2.32. The number of hydrogen-bond donors (Lipinski definition) is 3. The number of hydrogen-bond acceptors (Lipinski definition) is 8. The lowest BCUT2D eigenvalue weighted by atomic mass is 10.1. The molecule has 208 valence electrons. The molecular weight excluding hydrogens is 532 g/mol. The molecule has 0 radical (unpaired) electrons. The van der Waals surface area contributed by atoms with Gasteiger partial charge in [0, 0.05) is 12.6 Å². The smallest absolute Gasteiger partial charge is 0.294 e. The highest BCUT2D eigenvalue weighted by Crippen LogP contribution is 2.26. The molecule has 0 unspecified atom stereocenters. The molecule has 0 spiro atoms. The minimum Gasteiger partial charge on any atom is -0.495 e. The Morgan fingerprint density at radius 1 is 0.895 bits per heavy atom. The van der Waals surface area contributed by atoms with E-state index >= 15 is 0 Å². The highest BCUT2D eigenvalue weighted by Gasteiger charge is 2.16. The molecule has 0 aliphatic rings. The predicted molar refractivity (Wildman–Crippen MR) is 145 cm³/mol. The van der Waals surface area contributed by atoms with Crippen LogP contribution in [0.2, 0.25) is 0 Å². The average Bonchev–Trinajstić information content (AvgIpc) is 2.87. The predicted octanol–water partition coefficient (Wildman–Crippen LogP) is 3.27. The first-order valence-corrected chi connectivity index (χ1v) is 14.7. The molecule has 0 bridgehead atoms. The fourth-order valence-corrected chi connectivity index (χ4v) is 4.65. The summed E-state index contributed by atoms with van der Waals surface area (Å²) in [6, 6.07) is 20.1. The van der Waals surface area contributed by atoms with Crippen LogP contribution in [0.5, 0.6) is 17.2 Å². The number of rotatable bonds is 12. The Kier molecular flexibility index (Phi) is 12.0. The zero-order chi connectivity index (χ0) is 28.2. The highest BCUT2D eigenvalue weighted by atomic mass is 32.2. The summed E-state index contributed by atoms with van der Waals surface area (Å²) in [6.07, 6.45) is 0.641. The molecule has 4 N–H and O–H groups in total. The van der Waals surface area contributed by atoms with Crippen molar-refractivity contribution in [2.75, 3.05) is 26.9 Å². The molecule has 38 heavy (non-hydrogen) atoms. The topological polar surface area (TPSA) is 154 Å². The van der Waals surface area contributed by atoms with Crippen LogP contribution < -0.4 is 24.7 Å². The molecule has 1 atom stereocenters. The van der Waals surface area contributed by atoms with E-state index in [4.69, 9.17) is 23.9 Å². The van der Waals surface area contributed by atoms with Gasteiger partial charge in [-0.3, -0.25) is 4.55 Å². The Balaban J connectivity index is 0.000000423. The number of nitrogens with one attached hydrogen (secondary N) is 1. The first-order chi connectivity index (χ1) is 18.0. The van der Waals surface area contributed by atoms with Crippen LogP contribution in [0.25, 0.3) is 0 Å². The molecule has 12 heteroatoms. The van der Waals surface area contributed by atoms with Gasteiger partial charge in [0.15, 0.2) is 11.5 Å². The molecule has 3 aromatic rings. The van der Waals surface area contributed by atoms with Gasteiger partial charge in [-0.05, 0) is 62.2 Å². The van der Waals surface area contributed by atoms with Crippen LogP contribution in [0.3, 0.4) is 0 Å². The van der Waals surface area contributed by atoms with Crippen LogP contribution in [-0.2, 0) is 26.6 Å². The van der Waals surface area contributed by atoms with Crippen LogP contribution in [-0.4, -0.2) is 54.3 Å². The summed E-state index contributed by atoms with van der Waals surface area (Å²) in [5.41, 5.74) is 0.854. The normalized spacial score (nSPS) is 12.1. The Hall–Kier alpha value is -3.16. The molecule has 3 aromatic carbocycles. The number of ether oxygens (including phenoxy) is 3. The van der Waals surface area contributed by atoms with Crippen molar-refractivity contribution >= 4 is 20.1 Å². The van der Waals surface area contributed by atoms with E-state index in [9.17, 15) is 16.8 Å². The van der Waals surface area contributed by atoms with Crippen LogP contribution in [0.4, 0.5) is 0 Å². The number of para-hydroxylation sites is 2. The Labute approximate surface area is 224 Å². The number of benzene rings is 3. The van der Waals surface area contributed by atoms with Crippen molar-refractivity contribution in [3.05, 3.63) is 78.4 Å². The van der Waals surface area contributed by atoms with E-state index in [0.717, 1.165) is 11.3 Å². The second kappa shape index (κ2) is 14.7. The van der Waals surface area contributed by atoms with Crippen molar-refractivity contribution in [1.29, 1.82) is 0 Å². The van der Waals surface area contributed by atoms with E-state index in [0.29, 0.717) is 31.9 Å². The van der Waals surface area contributed by atoms with Crippen molar-refractivity contribution in [3.63, 3.8) is 0 Å². The minimum atomic E-state index is -4.00. The maximum atomic E-state index is 11.7. The molecule has 0 heterocycles. The zero-order valence-electron chi connectivity index (χ0n) is 21.5. The first kappa shape index (κ1) is 31.1. The van der Waals surface area contributed by atoms with Gasteiger partial charge in [-0.2, -0.15) is 8.42 Å². The molecule has 0 aliphatic heterocycles. The molecule has 0 amide bonds. The number of primary sulfonamides is 1. The van der Waals surface area contributed by atoms with Gasteiger partial charge in [0.25, 0.3) is 10.1 Å². The molecule has 10 nitrogen and oxygen atoms in total. The molecule has 0 saturated heterocycles. The fraction of sp³-hybridized carbons (Fsp3) is 0.308.